The highest BCUT2D eigenvalue weighted by Gasteiger charge is 2.06. The monoisotopic (exact) mass is 293 g/mol. The smallest absolute Gasteiger partial charge is 0.255 e. The predicted octanol–water partition coefficient (Wildman–Crippen LogP) is 3.13. The Morgan fingerprint density at radius 2 is 1.82 bits per heavy atom. The molecule has 0 saturated heterocycles. The van der Waals surface area contributed by atoms with Crippen molar-refractivity contribution in [3.8, 4) is 11.4 Å². The first kappa shape index (κ1) is 13.9. The number of amides is 1. The number of ether oxygens (including phenoxy) is 1. The first-order valence-electron chi connectivity index (χ1n) is 6.80. The number of rotatable bonds is 4. The van der Waals surface area contributed by atoms with Gasteiger partial charge in [0.15, 0.2) is 0 Å². The molecule has 5 nitrogen and oxygen atoms in total. The van der Waals surface area contributed by atoms with Crippen LogP contribution in [0, 0.1) is 0 Å². The highest BCUT2D eigenvalue weighted by atomic mass is 16.5. The fourth-order valence-corrected chi connectivity index (χ4v) is 2.07. The van der Waals surface area contributed by atoms with Crippen molar-refractivity contribution in [3.63, 3.8) is 0 Å². The Labute approximate surface area is 128 Å². The van der Waals surface area contributed by atoms with E-state index < -0.39 is 0 Å². The molecule has 1 N–H and O–H groups in total. The number of carbonyl (C=O) groups is 1. The first-order valence-corrected chi connectivity index (χ1v) is 6.80. The number of aromatic nitrogens is 2. The molecule has 0 aliphatic heterocycles. The number of methoxy groups -OCH3 is 1. The van der Waals surface area contributed by atoms with Crippen molar-refractivity contribution in [1.82, 2.24) is 9.55 Å². The molecule has 5 heteroatoms. The van der Waals surface area contributed by atoms with E-state index in [1.807, 2.05) is 22.9 Å². The van der Waals surface area contributed by atoms with Crippen LogP contribution in [-0.4, -0.2) is 22.6 Å². The lowest BCUT2D eigenvalue weighted by atomic mass is 10.2. The van der Waals surface area contributed by atoms with E-state index in [9.17, 15) is 4.79 Å². The summed E-state index contributed by atoms with van der Waals surface area (Å²) in [6, 6.07) is 14.5. The van der Waals surface area contributed by atoms with Gasteiger partial charge < -0.3 is 14.6 Å². The van der Waals surface area contributed by atoms with E-state index in [1.54, 1.807) is 56.0 Å². The van der Waals surface area contributed by atoms with Gasteiger partial charge in [0, 0.05) is 29.3 Å². The molecule has 3 rings (SSSR count). The summed E-state index contributed by atoms with van der Waals surface area (Å²) in [7, 11) is 1.61. The van der Waals surface area contributed by atoms with Gasteiger partial charge >= 0.3 is 0 Å². The maximum Gasteiger partial charge on any atom is 0.255 e. The van der Waals surface area contributed by atoms with Crippen molar-refractivity contribution >= 4 is 11.6 Å². The minimum absolute atomic E-state index is 0.151. The van der Waals surface area contributed by atoms with E-state index in [0.717, 1.165) is 17.1 Å². The van der Waals surface area contributed by atoms with Gasteiger partial charge in [-0.3, -0.25) is 4.79 Å². The van der Waals surface area contributed by atoms with Crippen molar-refractivity contribution in [3.05, 3.63) is 72.8 Å². The van der Waals surface area contributed by atoms with Gasteiger partial charge in [0.25, 0.3) is 5.91 Å². The van der Waals surface area contributed by atoms with Crippen LogP contribution in [0.2, 0.25) is 0 Å². The second-order valence-electron chi connectivity index (χ2n) is 4.70. The summed E-state index contributed by atoms with van der Waals surface area (Å²) in [5.41, 5.74) is 2.28. The van der Waals surface area contributed by atoms with E-state index in [4.69, 9.17) is 4.74 Å². The van der Waals surface area contributed by atoms with Crippen LogP contribution in [-0.2, 0) is 0 Å². The molecule has 0 spiro atoms. The molecule has 0 aliphatic carbocycles. The zero-order chi connectivity index (χ0) is 15.4. The Bertz CT molecular complexity index is 748. The highest BCUT2D eigenvalue weighted by Crippen LogP contribution is 2.16. The molecule has 3 aromatic rings. The number of imidazole rings is 1. The topological polar surface area (TPSA) is 56.1 Å². The third-order valence-electron chi connectivity index (χ3n) is 3.28. The lowest BCUT2D eigenvalue weighted by Crippen LogP contribution is -2.11. The average Bonchev–Trinajstić information content (AvgIpc) is 3.10. The second kappa shape index (κ2) is 6.13. The van der Waals surface area contributed by atoms with E-state index in [0.29, 0.717) is 5.56 Å². The molecule has 110 valence electrons. The average molecular weight is 293 g/mol. The van der Waals surface area contributed by atoms with Gasteiger partial charge in [0.2, 0.25) is 0 Å². The standard InChI is InChI=1S/C17H15N3O2/c1-22-16-8-4-14(5-9-16)19-17(21)13-2-6-15(7-3-13)20-11-10-18-12-20/h2-12H,1H3,(H,19,21). The van der Waals surface area contributed by atoms with Gasteiger partial charge in [-0.1, -0.05) is 0 Å². The Balaban J connectivity index is 1.71. The Morgan fingerprint density at radius 1 is 1.09 bits per heavy atom. The molecule has 0 aliphatic rings. The molecule has 1 heterocycles. The fourth-order valence-electron chi connectivity index (χ4n) is 2.07. The van der Waals surface area contributed by atoms with Crippen LogP contribution >= 0.6 is 0 Å². The largest absolute Gasteiger partial charge is 0.497 e. The summed E-state index contributed by atoms with van der Waals surface area (Å²) in [5.74, 6) is 0.602. The molecule has 1 aromatic heterocycles. The van der Waals surface area contributed by atoms with Crippen molar-refractivity contribution in [2.75, 3.05) is 12.4 Å². The number of carbonyl (C=O) groups excluding carboxylic acids is 1. The summed E-state index contributed by atoms with van der Waals surface area (Å²) in [4.78, 5) is 16.2. The summed E-state index contributed by atoms with van der Waals surface area (Å²) >= 11 is 0. The van der Waals surface area contributed by atoms with Gasteiger partial charge in [-0.25, -0.2) is 4.98 Å². The molecule has 22 heavy (non-hydrogen) atoms. The number of anilines is 1. The zero-order valence-corrected chi connectivity index (χ0v) is 12.1. The summed E-state index contributed by atoms with van der Waals surface area (Å²) in [6.45, 7) is 0. The molecule has 0 fully saturated rings. The normalized spacial score (nSPS) is 10.2. The first-order chi connectivity index (χ1) is 10.8. The van der Waals surface area contributed by atoms with Gasteiger partial charge in [-0.15, -0.1) is 0 Å². The zero-order valence-electron chi connectivity index (χ0n) is 12.1. The lowest BCUT2D eigenvalue weighted by Gasteiger charge is -2.07. The Morgan fingerprint density at radius 3 is 2.41 bits per heavy atom. The number of hydrogen-bond acceptors (Lipinski definition) is 3. The minimum Gasteiger partial charge on any atom is -0.497 e. The highest BCUT2D eigenvalue weighted by molar-refractivity contribution is 6.04. The van der Waals surface area contributed by atoms with Crippen LogP contribution < -0.4 is 10.1 Å². The summed E-state index contributed by atoms with van der Waals surface area (Å²) in [5, 5.41) is 2.85. The van der Waals surface area contributed by atoms with Crippen LogP contribution in [0.5, 0.6) is 5.75 Å². The van der Waals surface area contributed by atoms with Gasteiger partial charge in [-0.2, -0.15) is 0 Å². The number of nitrogens with one attached hydrogen (secondary N) is 1. The van der Waals surface area contributed by atoms with Gasteiger partial charge in [-0.05, 0) is 48.5 Å². The molecule has 2 aromatic carbocycles. The summed E-state index contributed by atoms with van der Waals surface area (Å²) in [6.07, 6.45) is 5.28. The lowest BCUT2D eigenvalue weighted by molar-refractivity contribution is 0.102. The molecule has 1 amide bonds. The van der Waals surface area contributed by atoms with Crippen LogP contribution in [0.15, 0.2) is 67.3 Å². The number of nitrogens with zero attached hydrogens (tertiary/aromatic N) is 2. The maximum atomic E-state index is 12.2. The quantitative estimate of drug-likeness (QED) is 0.804. The Kier molecular flexibility index (Phi) is 3.87. The molecular weight excluding hydrogens is 278 g/mol. The predicted molar refractivity (Wildman–Crippen MR) is 84.5 cm³/mol. The van der Waals surface area contributed by atoms with Crippen molar-refractivity contribution < 1.29 is 9.53 Å². The maximum absolute atomic E-state index is 12.2. The van der Waals surface area contributed by atoms with Crippen LogP contribution in [0.25, 0.3) is 5.69 Å². The van der Waals surface area contributed by atoms with E-state index in [1.165, 1.54) is 0 Å². The third kappa shape index (κ3) is 2.98. The molecule has 0 bridgehead atoms. The Hall–Kier alpha value is -3.08. The SMILES string of the molecule is COc1ccc(NC(=O)c2ccc(-n3ccnc3)cc2)cc1. The molecule has 0 unspecified atom stereocenters. The van der Waals surface area contributed by atoms with Crippen molar-refractivity contribution in [2.24, 2.45) is 0 Å². The van der Waals surface area contributed by atoms with Crippen LogP contribution in [0.1, 0.15) is 10.4 Å². The van der Waals surface area contributed by atoms with E-state index >= 15 is 0 Å². The molecular formula is C17H15N3O2. The van der Waals surface area contributed by atoms with Crippen LogP contribution in [0.3, 0.4) is 0 Å². The summed E-state index contributed by atoms with van der Waals surface area (Å²) < 4.78 is 6.97. The third-order valence-corrected chi connectivity index (χ3v) is 3.28. The number of hydrogen-bond donors (Lipinski definition) is 1. The molecule has 0 radical (unpaired) electrons. The second-order valence-corrected chi connectivity index (χ2v) is 4.70. The van der Waals surface area contributed by atoms with E-state index in [2.05, 4.69) is 10.3 Å². The van der Waals surface area contributed by atoms with E-state index in [-0.39, 0.29) is 5.91 Å². The minimum atomic E-state index is -0.151. The van der Waals surface area contributed by atoms with Gasteiger partial charge in [0.1, 0.15) is 5.75 Å². The molecule has 0 saturated carbocycles. The number of benzene rings is 2. The van der Waals surface area contributed by atoms with Crippen molar-refractivity contribution in [2.45, 2.75) is 0 Å². The molecule has 0 atom stereocenters. The van der Waals surface area contributed by atoms with Crippen molar-refractivity contribution in [1.29, 1.82) is 0 Å². The van der Waals surface area contributed by atoms with Crippen LogP contribution in [0.4, 0.5) is 5.69 Å². The van der Waals surface area contributed by atoms with Gasteiger partial charge in [0.05, 0.1) is 13.4 Å². The fraction of sp³-hybridized carbons (Fsp3) is 0.0588.